The van der Waals surface area contributed by atoms with Gasteiger partial charge < -0.3 is 19.9 Å². The SMILES string of the molecule is NC(=O)COc1ccc(Br)cc1/C=C1\SC(=O)N(Cc2cc3c(cc2Cl)OCO3)C1=O. The summed E-state index contributed by atoms with van der Waals surface area (Å²) in [6, 6.07) is 8.31. The molecule has 11 heteroatoms. The van der Waals surface area contributed by atoms with E-state index in [9.17, 15) is 14.4 Å². The van der Waals surface area contributed by atoms with Crippen molar-refractivity contribution in [3.05, 3.63) is 55.9 Å². The molecule has 0 saturated carbocycles. The summed E-state index contributed by atoms with van der Waals surface area (Å²) in [7, 11) is 0. The number of nitrogens with two attached hydrogens (primary N) is 1. The molecule has 3 amide bonds. The minimum absolute atomic E-state index is 0.0129. The molecule has 0 radical (unpaired) electrons. The first kappa shape index (κ1) is 21.5. The molecular weight excluding hydrogens is 512 g/mol. The number of carbonyl (C=O) groups excluding carboxylic acids is 3. The smallest absolute Gasteiger partial charge is 0.293 e. The quantitative estimate of drug-likeness (QED) is 0.569. The predicted molar refractivity (Wildman–Crippen MR) is 118 cm³/mol. The van der Waals surface area contributed by atoms with Gasteiger partial charge in [-0.05, 0) is 47.7 Å². The van der Waals surface area contributed by atoms with Gasteiger partial charge in [-0.3, -0.25) is 19.3 Å². The van der Waals surface area contributed by atoms with Crippen LogP contribution in [0.5, 0.6) is 17.2 Å². The summed E-state index contributed by atoms with van der Waals surface area (Å²) in [6.07, 6.45) is 1.53. The van der Waals surface area contributed by atoms with Gasteiger partial charge in [0.05, 0.1) is 11.4 Å². The molecule has 2 aromatic carbocycles. The van der Waals surface area contributed by atoms with Crippen LogP contribution in [0, 0.1) is 0 Å². The maximum Gasteiger partial charge on any atom is 0.293 e. The van der Waals surface area contributed by atoms with Crippen LogP contribution in [0.3, 0.4) is 0 Å². The molecule has 31 heavy (non-hydrogen) atoms. The van der Waals surface area contributed by atoms with Crippen molar-refractivity contribution in [2.75, 3.05) is 13.4 Å². The molecule has 8 nitrogen and oxygen atoms in total. The minimum Gasteiger partial charge on any atom is -0.483 e. The summed E-state index contributed by atoms with van der Waals surface area (Å²) in [5.41, 5.74) is 6.21. The standard InChI is InChI=1S/C20H14BrClN2O6S/c21-12-1-2-14(28-8-18(23)25)10(3-12)5-17-19(26)24(20(27)31-17)7-11-4-15-16(6-13(11)22)30-9-29-15/h1-6H,7-9H2,(H2,23,25)/b17-5-. The molecule has 0 aromatic heterocycles. The summed E-state index contributed by atoms with van der Waals surface area (Å²) in [5, 5.41) is -0.0685. The first-order valence-corrected chi connectivity index (χ1v) is 10.8. The van der Waals surface area contributed by atoms with E-state index >= 15 is 0 Å². The van der Waals surface area contributed by atoms with Crippen LogP contribution in [0.1, 0.15) is 11.1 Å². The number of amides is 3. The minimum atomic E-state index is -0.630. The third-order valence-corrected chi connectivity index (χ3v) is 6.12. The Hall–Kier alpha value is -2.69. The molecule has 2 aromatic rings. The van der Waals surface area contributed by atoms with Crippen molar-refractivity contribution < 1.29 is 28.6 Å². The average molecular weight is 526 g/mol. The molecule has 2 aliphatic heterocycles. The van der Waals surface area contributed by atoms with Gasteiger partial charge in [-0.1, -0.05) is 27.5 Å². The Morgan fingerprint density at radius 2 is 2.00 bits per heavy atom. The number of ether oxygens (including phenoxy) is 3. The Labute approximate surface area is 194 Å². The molecule has 0 aliphatic carbocycles. The fourth-order valence-electron chi connectivity index (χ4n) is 2.94. The van der Waals surface area contributed by atoms with Gasteiger partial charge in [0.15, 0.2) is 18.1 Å². The lowest BCUT2D eigenvalue weighted by atomic mass is 10.1. The van der Waals surface area contributed by atoms with Crippen LogP contribution in [0.2, 0.25) is 5.02 Å². The molecule has 0 spiro atoms. The van der Waals surface area contributed by atoms with Crippen molar-refractivity contribution in [2.24, 2.45) is 5.73 Å². The van der Waals surface area contributed by atoms with Crippen LogP contribution in [-0.4, -0.2) is 35.4 Å². The van der Waals surface area contributed by atoms with Crippen molar-refractivity contribution in [3.8, 4) is 17.2 Å². The summed E-state index contributed by atoms with van der Waals surface area (Å²) in [6.45, 7) is -0.236. The maximum absolute atomic E-state index is 12.9. The summed E-state index contributed by atoms with van der Waals surface area (Å²) in [5.74, 6) is 0.278. The van der Waals surface area contributed by atoms with Gasteiger partial charge in [0, 0.05) is 21.1 Å². The van der Waals surface area contributed by atoms with Crippen molar-refractivity contribution in [3.63, 3.8) is 0 Å². The Balaban J connectivity index is 1.58. The molecule has 2 aliphatic rings. The second-order valence-corrected chi connectivity index (χ2v) is 8.82. The van der Waals surface area contributed by atoms with Crippen molar-refractivity contribution in [1.29, 1.82) is 0 Å². The van der Waals surface area contributed by atoms with E-state index in [1.54, 1.807) is 30.3 Å². The zero-order valence-electron chi connectivity index (χ0n) is 15.7. The number of fused-ring (bicyclic) bond motifs is 1. The van der Waals surface area contributed by atoms with E-state index in [4.69, 9.17) is 31.5 Å². The number of hydrogen-bond donors (Lipinski definition) is 1. The Morgan fingerprint density at radius 1 is 1.26 bits per heavy atom. The summed E-state index contributed by atoms with van der Waals surface area (Å²) >= 11 is 10.4. The number of halogens is 2. The van der Waals surface area contributed by atoms with Gasteiger partial charge in [0.1, 0.15) is 5.75 Å². The van der Waals surface area contributed by atoms with Crippen molar-refractivity contribution >= 4 is 62.4 Å². The largest absolute Gasteiger partial charge is 0.483 e. The number of nitrogens with zero attached hydrogens (tertiary/aromatic N) is 1. The first-order chi connectivity index (χ1) is 14.8. The first-order valence-electron chi connectivity index (χ1n) is 8.86. The van der Waals surface area contributed by atoms with E-state index in [-0.39, 0.29) is 24.8 Å². The monoisotopic (exact) mass is 524 g/mol. The Morgan fingerprint density at radius 3 is 2.74 bits per heavy atom. The van der Waals surface area contributed by atoms with E-state index in [1.807, 2.05) is 0 Å². The molecule has 1 saturated heterocycles. The van der Waals surface area contributed by atoms with E-state index in [1.165, 1.54) is 6.08 Å². The Kier molecular flexibility index (Phi) is 6.12. The summed E-state index contributed by atoms with van der Waals surface area (Å²) in [4.78, 5) is 37.8. The van der Waals surface area contributed by atoms with Gasteiger partial charge in [0.2, 0.25) is 6.79 Å². The number of benzene rings is 2. The van der Waals surface area contributed by atoms with Gasteiger partial charge in [-0.15, -0.1) is 0 Å². The van der Waals surface area contributed by atoms with Crippen molar-refractivity contribution in [2.45, 2.75) is 6.54 Å². The highest BCUT2D eigenvalue weighted by Gasteiger charge is 2.36. The van der Waals surface area contributed by atoms with E-state index < -0.39 is 17.1 Å². The molecule has 2 N–H and O–H groups in total. The van der Waals surface area contributed by atoms with Gasteiger partial charge in [-0.25, -0.2) is 0 Å². The van der Waals surface area contributed by atoms with E-state index in [0.29, 0.717) is 33.4 Å². The van der Waals surface area contributed by atoms with Gasteiger partial charge in [0.25, 0.3) is 17.1 Å². The lowest BCUT2D eigenvalue weighted by Gasteiger charge is -2.14. The molecule has 2 heterocycles. The van der Waals surface area contributed by atoms with Crippen LogP contribution in [0.25, 0.3) is 6.08 Å². The second-order valence-electron chi connectivity index (χ2n) is 6.50. The van der Waals surface area contributed by atoms with Crippen LogP contribution in [0.4, 0.5) is 4.79 Å². The van der Waals surface area contributed by atoms with Crippen LogP contribution in [-0.2, 0) is 16.1 Å². The molecule has 1 fully saturated rings. The highest BCUT2D eigenvalue weighted by Crippen LogP contribution is 2.40. The number of hydrogen-bond acceptors (Lipinski definition) is 7. The fraction of sp³-hybridized carbons (Fsp3) is 0.150. The molecule has 0 unspecified atom stereocenters. The van der Waals surface area contributed by atoms with Crippen LogP contribution in [0.15, 0.2) is 39.7 Å². The van der Waals surface area contributed by atoms with Crippen LogP contribution >= 0.6 is 39.3 Å². The zero-order valence-corrected chi connectivity index (χ0v) is 18.9. The highest BCUT2D eigenvalue weighted by atomic mass is 79.9. The van der Waals surface area contributed by atoms with Gasteiger partial charge in [-0.2, -0.15) is 0 Å². The lowest BCUT2D eigenvalue weighted by molar-refractivity contribution is -0.123. The zero-order chi connectivity index (χ0) is 22.1. The Bertz CT molecular complexity index is 1140. The number of imide groups is 1. The number of primary amides is 1. The van der Waals surface area contributed by atoms with E-state index in [2.05, 4.69) is 15.9 Å². The van der Waals surface area contributed by atoms with E-state index in [0.717, 1.165) is 21.1 Å². The molecule has 4 rings (SSSR count). The second kappa shape index (κ2) is 8.81. The normalized spacial score (nSPS) is 16.3. The van der Waals surface area contributed by atoms with Crippen molar-refractivity contribution in [1.82, 2.24) is 4.90 Å². The molecule has 160 valence electrons. The average Bonchev–Trinajstić information content (AvgIpc) is 3.26. The highest BCUT2D eigenvalue weighted by molar-refractivity contribution is 9.10. The third kappa shape index (κ3) is 4.65. The molecule has 0 atom stereocenters. The number of thioether (sulfide) groups is 1. The predicted octanol–water partition coefficient (Wildman–Crippen LogP) is 3.93. The molecular formula is C20H14BrClN2O6S. The lowest BCUT2D eigenvalue weighted by Crippen LogP contribution is -2.27. The fourth-order valence-corrected chi connectivity index (χ4v) is 4.36. The summed E-state index contributed by atoms with van der Waals surface area (Å²) < 4.78 is 16.8. The third-order valence-electron chi connectivity index (χ3n) is 4.37. The van der Waals surface area contributed by atoms with Crippen LogP contribution < -0.4 is 19.9 Å². The molecule has 0 bridgehead atoms. The topological polar surface area (TPSA) is 108 Å². The van der Waals surface area contributed by atoms with Gasteiger partial charge >= 0.3 is 0 Å². The number of rotatable bonds is 6. The number of carbonyl (C=O) groups is 3. The maximum atomic E-state index is 12.9.